The highest BCUT2D eigenvalue weighted by Crippen LogP contribution is 2.30. The van der Waals surface area contributed by atoms with Crippen LogP contribution in [0.5, 0.6) is 0 Å². The van der Waals surface area contributed by atoms with Gasteiger partial charge >= 0.3 is 0 Å². The first-order valence-corrected chi connectivity index (χ1v) is 8.57. The zero-order valence-corrected chi connectivity index (χ0v) is 13.2. The van der Waals surface area contributed by atoms with Crippen LogP contribution < -0.4 is 0 Å². The van der Waals surface area contributed by atoms with Gasteiger partial charge in [-0.2, -0.15) is 0 Å². The predicted molar refractivity (Wildman–Crippen MR) is 86.1 cm³/mol. The van der Waals surface area contributed by atoms with E-state index in [4.69, 9.17) is 0 Å². The highest BCUT2D eigenvalue weighted by atomic mass is 16.2. The van der Waals surface area contributed by atoms with Crippen LogP contribution in [0.3, 0.4) is 0 Å². The molecule has 1 aromatic rings. The van der Waals surface area contributed by atoms with Crippen LogP contribution in [0.2, 0.25) is 0 Å². The van der Waals surface area contributed by atoms with Gasteiger partial charge in [0.15, 0.2) is 0 Å². The van der Waals surface area contributed by atoms with Crippen LogP contribution in [0.15, 0.2) is 24.3 Å². The molecule has 1 saturated carbocycles. The number of aryl methyl sites for hydroxylation is 2. The van der Waals surface area contributed by atoms with E-state index in [0.29, 0.717) is 17.7 Å². The summed E-state index contributed by atoms with van der Waals surface area (Å²) in [5.41, 5.74) is 2.87. The van der Waals surface area contributed by atoms with Crippen molar-refractivity contribution in [3.63, 3.8) is 0 Å². The molecule has 21 heavy (non-hydrogen) atoms. The summed E-state index contributed by atoms with van der Waals surface area (Å²) in [4.78, 5) is 14.5. The molecule has 1 aliphatic heterocycles. The third-order valence-corrected chi connectivity index (χ3v) is 5.37. The summed E-state index contributed by atoms with van der Waals surface area (Å²) >= 11 is 0. The second kappa shape index (κ2) is 6.64. The van der Waals surface area contributed by atoms with Gasteiger partial charge in [-0.1, -0.05) is 30.7 Å². The average Bonchev–Trinajstić information content (AvgIpc) is 2.45. The first-order valence-electron chi connectivity index (χ1n) is 8.57. The summed E-state index contributed by atoms with van der Waals surface area (Å²) in [6.07, 6.45) is 8.37. The Kier molecular flexibility index (Phi) is 4.62. The van der Waals surface area contributed by atoms with Crippen molar-refractivity contribution in [2.75, 3.05) is 13.1 Å². The van der Waals surface area contributed by atoms with Gasteiger partial charge in [0.1, 0.15) is 0 Å². The maximum Gasteiger partial charge on any atom is 0.225 e. The van der Waals surface area contributed by atoms with Crippen molar-refractivity contribution in [2.45, 2.75) is 51.9 Å². The number of amides is 1. The molecule has 0 radical (unpaired) electrons. The average molecular weight is 285 g/mol. The molecule has 1 aromatic carbocycles. The number of carbonyl (C=O) groups excluding carboxylic acids is 1. The SMILES string of the molecule is Cc1ccccc1CCC1CCCN(C(=O)C2CCC2)C1. The molecule has 0 spiro atoms. The molecule has 2 nitrogen and oxygen atoms in total. The van der Waals surface area contributed by atoms with Gasteiger partial charge in [-0.15, -0.1) is 0 Å². The fourth-order valence-corrected chi connectivity index (χ4v) is 3.66. The Labute approximate surface area is 128 Å². The van der Waals surface area contributed by atoms with E-state index in [9.17, 15) is 4.79 Å². The van der Waals surface area contributed by atoms with Gasteiger partial charge in [0.2, 0.25) is 5.91 Å². The van der Waals surface area contributed by atoms with Gasteiger partial charge in [0, 0.05) is 19.0 Å². The van der Waals surface area contributed by atoms with Gasteiger partial charge in [-0.05, 0) is 62.5 Å². The highest BCUT2D eigenvalue weighted by molar-refractivity contribution is 5.79. The molecule has 0 aromatic heterocycles. The van der Waals surface area contributed by atoms with Crippen LogP contribution in [0, 0.1) is 18.8 Å². The van der Waals surface area contributed by atoms with Gasteiger partial charge in [0.05, 0.1) is 0 Å². The second-order valence-electron chi connectivity index (χ2n) is 6.89. The fourth-order valence-electron chi connectivity index (χ4n) is 3.66. The van der Waals surface area contributed by atoms with E-state index in [1.54, 1.807) is 0 Å². The first-order chi connectivity index (χ1) is 10.2. The molecule has 2 aliphatic rings. The van der Waals surface area contributed by atoms with E-state index in [2.05, 4.69) is 36.1 Å². The lowest BCUT2D eigenvalue weighted by molar-refractivity contribution is -0.140. The molecule has 1 amide bonds. The molecular weight excluding hydrogens is 258 g/mol. The van der Waals surface area contributed by atoms with Crippen LogP contribution in [-0.4, -0.2) is 23.9 Å². The van der Waals surface area contributed by atoms with Crippen molar-refractivity contribution < 1.29 is 4.79 Å². The predicted octanol–water partition coefficient (Wildman–Crippen LogP) is 3.97. The standard InChI is InChI=1S/C19H27NO/c1-15-6-2-3-8-17(15)12-11-16-7-5-13-20(14-16)19(21)18-9-4-10-18/h2-3,6,8,16,18H,4-5,7,9-14H2,1H3. The third kappa shape index (κ3) is 3.48. The minimum absolute atomic E-state index is 0.361. The van der Waals surface area contributed by atoms with Crippen LogP contribution >= 0.6 is 0 Å². The Morgan fingerprint density at radius 3 is 2.71 bits per heavy atom. The molecule has 1 atom stereocenters. The zero-order chi connectivity index (χ0) is 14.7. The summed E-state index contributed by atoms with van der Waals surface area (Å²) < 4.78 is 0. The molecule has 114 valence electrons. The smallest absolute Gasteiger partial charge is 0.225 e. The zero-order valence-electron chi connectivity index (χ0n) is 13.2. The normalized spacial score (nSPS) is 22.9. The van der Waals surface area contributed by atoms with E-state index >= 15 is 0 Å². The summed E-state index contributed by atoms with van der Waals surface area (Å²) in [5, 5.41) is 0. The van der Waals surface area contributed by atoms with E-state index in [1.165, 1.54) is 36.8 Å². The summed E-state index contributed by atoms with van der Waals surface area (Å²) in [7, 11) is 0. The van der Waals surface area contributed by atoms with Crippen molar-refractivity contribution in [1.29, 1.82) is 0 Å². The fraction of sp³-hybridized carbons (Fsp3) is 0.632. The van der Waals surface area contributed by atoms with Gasteiger partial charge in [-0.25, -0.2) is 0 Å². The number of piperidine rings is 1. The number of carbonyl (C=O) groups is 1. The maximum atomic E-state index is 12.4. The van der Waals surface area contributed by atoms with Crippen LogP contribution in [-0.2, 0) is 11.2 Å². The van der Waals surface area contributed by atoms with E-state index in [1.807, 2.05) is 0 Å². The highest BCUT2D eigenvalue weighted by Gasteiger charge is 2.31. The minimum Gasteiger partial charge on any atom is -0.342 e. The molecule has 1 unspecified atom stereocenters. The number of nitrogens with zero attached hydrogens (tertiary/aromatic N) is 1. The molecule has 2 heteroatoms. The summed E-state index contributed by atoms with van der Waals surface area (Å²) in [6, 6.07) is 8.69. The Morgan fingerprint density at radius 2 is 2.00 bits per heavy atom. The molecule has 0 bridgehead atoms. The number of hydrogen-bond donors (Lipinski definition) is 0. The Bertz CT molecular complexity index is 492. The first kappa shape index (κ1) is 14.6. The summed E-state index contributed by atoms with van der Waals surface area (Å²) in [5.74, 6) is 1.50. The number of hydrogen-bond acceptors (Lipinski definition) is 1. The molecule has 1 aliphatic carbocycles. The van der Waals surface area contributed by atoms with Gasteiger partial charge in [-0.3, -0.25) is 4.79 Å². The van der Waals surface area contributed by atoms with Crippen LogP contribution in [0.1, 0.15) is 49.7 Å². The van der Waals surface area contributed by atoms with Crippen molar-refractivity contribution in [1.82, 2.24) is 4.90 Å². The molecule has 0 N–H and O–H groups in total. The number of likely N-dealkylation sites (tertiary alicyclic amines) is 1. The Morgan fingerprint density at radius 1 is 1.19 bits per heavy atom. The lowest BCUT2D eigenvalue weighted by Gasteiger charge is -2.37. The topological polar surface area (TPSA) is 20.3 Å². The quantitative estimate of drug-likeness (QED) is 0.820. The monoisotopic (exact) mass is 285 g/mol. The van der Waals surface area contributed by atoms with E-state index < -0.39 is 0 Å². The van der Waals surface area contributed by atoms with Gasteiger partial charge in [0.25, 0.3) is 0 Å². The van der Waals surface area contributed by atoms with E-state index in [-0.39, 0.29) is 0 Å². The maximum absolute atomic E-state index is 12.4. The minimum atomic E-state index is 0.361. The van der Waals surface area contributed by atoms with Crippen molar-refractivity contribution in [3.8, 4) is 0 Å². The molecule has 1 saturated heterocycles. The van der Waals surface area contributed by atoms with Crippen molar-refractivity contribution in [2.24, 2.45) is 11.8 Å². The Hall–Kier alpha value is -1.31. The van der Waals surface area contributed by atoms with Crippen LogP contribution in [0.4, 0.5) is 0 Å². The lowest BCUT2D eigenvalue weighted by Crippen LogP contribution is -2.44. The number of rotatable bonds is 4. The molecular formula is C19H27NO. The summed E-state index contributed by atoms with van der Waals surface area (Å²) in [6.45, 7) is 4.19. The van der Waals surface area contributed by atoms with E-state index in [0.717, 1.165) is 32.4 Å². The van der Waals surface area contributed by atoms with Crippen molar-refractivity contribution >= 4 is 5.91 Å². The second-order valence-corrected chi connectivity index (χ2v) is 6.89. The van der Waals surface area contributed by atoms with Crippen molar-refractivity contribution in [3.05, 3.63) is 35.4 Å². The molecule has 2 fully saturated rings. The molecule has 3 rings (SSSR count). The Balaban J connectivity index is 1.51. The van der Waals surface area contributed by atoms with Crippen LogP contribution in [0.25, 0.3) is 0 Å². The van der Waals surface area contributed by atoms with Gasteiger partial charge < -0.3 is 4.90 Å². The third-order valence-electron chi connectivity index (χ3n) is 5.37. The largest absolute Gasteiger partial charge is 0.342 e. The lowest BCUT2D eigenvalue weighted by atomic mass is 9.83. The number of benzene rings is 1. The molecule has 1 heterocycles.